The van der Waals surface area contributed by atoms with Crippen molar-refractivity contribution < 1.29 is 9.13 Å². The van der Waals surface area contributed by atoms with E-state index in [1.807, 2.05) is 25.3 Å². The van der Waals surface area contributed by atoms with Gasteiger partial charge >= 0.3 is 0 Å². The molecule has 2 N–H and O–H groups in total. The van der Waals surface area contributed by atoms with Crippen LogP contribution in [0.2, 0.25) is 0 Å². The molecule has 1 aliphatic rings. The lowest BCUT2D eigenvalue weighted by atomic mass is 9.74. The minimum atomic E-state index is -0.208. The second-order valence-electron chi connectivity index (χ2n) is 6.54. The highest BCUT2D eigenvalue weighted by Crippen LogP contribution is 2.34. The minimum absolute atomic E-state index is 0.0820. The van der Waals surface area contributed by atoms with Gasteiger partial charge in [-0.15, -0.1) is 11.3 Å². The third kappa shape index (κ3) is 4.59. The topological polar surface area (TPSA) is 58.5 Å². The Morgan fingerprint density at radius 3 is 2.62 bits per heavy atom. The van der Waals surface area contributed by atoms with Crippen LogP contribution in [0.15, 0.2) is 35.5 Å². The van der Waals surface area contributed by atoms with Gasteiger partial charge in [-0.1, -0.05) is 12.1 Å². The van der Waals surface area contributed by atoms with E-state index >= 15 is 0 Å². The van der Waals surface area contributed by atoms with E-state index in [1.54, 1.807) is 18.4 Å². The van der Waals surface area contributed by atoms with E-state index in [0.717, 1.165) is 35.9 Å². The average Bonchev–Trinajstić information content (AvgIpc) is 3.08. The summed E-state index contributed by atoms with van der Waals surface area (Å²) < 4.78 is 18.9. The Hall–Kier alpha value is -1.99. The smallest absolute Gasteiger partial charge is 0.191 e. The molecule has 0 atom stereocenters. The molecular weight excluding hydrogens is 351 g/mol. The fourth-order valence-corrected chi connectivity index (χ4v) is 3.98. The molecule has 1 aromatic heterocycles. The van der Waals surface area contributed by atoms with Gasteiger partial charge in [0.15, 0.2) is 5.96 Å². The fraction of sp³-hybridized carbons (Fsp3) is 0.474. The van der Waals surface area contributed by atoms with Crippen molar-refractivity contribution in [1.82, 2.24) is 15.6 Å². The zero-order valence-electron chi connectivity index (χ0n) is 15.2. The number of guanidine groups is 1. The Morgan fingerprint density at radius 2 is 2.00 bits per heavy atom. The summed E-state index contributed by atoms with van der Waals surface area (Å²) in [6.45, 7) is 4.84. The summed E-state index contributed by atoms with van der Waals surface area (Å²) in [5.74, 6) is 0.533. The van der Waals surface area contributed by atoms with Crippen LogP contribution in [0.1, 0.15) is 28.3 Å². The third-order valence-corrected chi connectivity index (χ3v) is 5.71. The first kappa shape index (κ1) is 18.8. The molecule has 7 heteroatoms. The van der Waals surface area contributed by atoms with E-state index in [9.17, 15) is 4.39 Å². The number of hydrogen-bond donors (Lipinski definition) is 2. The molecule has 0 bridgehead atoms. The molecule has 1 fully saturated rings. The molecule has 1 aromatic carbocycles. The number of aryl methyl sites for hydroxylation is 1. The highest BCUT2D eigenvalue weighted by atomic mass is 32.1. The predicted molar refractivity (Wildman–Crippen MR) is 103 cm³/mol. The molecule has 0 spiro atoms. The van der Waals surface area contributed by atoms with Crippen molar-refractivity contribution in [3.8, 4) is 0 Å². The zero-order chi connectivity index (χ0) is 18.4. The van der Waals surface area contributed by atoms with Gasteiger partial charge in [0.1, 0.15) is 10.8 Å². The number of aromatic nitrogens is 1. The number of rotatable bonds is 5. The van der Waals surface area contributed by atoms with Crippen LogP contribution in [0.3, 0.4) is 0 Å². The second kappa shape index (κ2) is 8.60. The number of halogens is 1. The van der Waals surface area contributed by atoms with Crippen molar-refractivity contribution in [2.45, 2.75) is 31.7 Å². The van der Waals surface area contributed by atoms with Gasteiger partial charge in [0.25, 0.3) is 0 Å². The van der Waals surface area contributed by atoms with Crippen LogP contribution in [-0.4, -0.2) is 37.7 Å². The van der Waals surface area contributed by atoms with E-state index in [-0.39, 0.29) is 11.2 Å². The summed E-state index contributed by atoms with van der Waals surface area (Å²) in [7, 11) is 1.76. The van der Waals surface area contributed by atoms with Crippen LogP contribution in [0.25, 0.3) is 0 Å². The lowest BCUT2D eigenvalue weighted by molar-refractivity contribution is 0.0513. The molecule has 2 heterocycles. The first-order valence-corrected chi connectivity index (χ1v) is 9.63. The predicted octanol–water partition coefficient (Wildman–Crippen LogP) is 3.00. The van der Waals surface area contributed by atoms with Gasteiger partial charge in [0.05, 0.1) is 6.54 Å². The highest BCUT2D eigenvalue weighted by Gasteiger charge is 2.34. The molecule has 1 aliphatic heterocycles. The first-order chi connectivity index (χ1) is 12.6. The van der Waals surface area contributed by atoms with Crippen molar-refractivity contribution in [1.29, 1.82) is 0 Å². The molecule has 0 saturated carbocycles. The average molecular weight is 377 g/mol. The standard InChI is InChI=1S/C19H25FN4OS/c1-14-11-22-17(26-14)12-23-18(21-2)24-13-19(7-9-25-10-8-19)15-3-5-16(20)6-4-15/h3-6,11H,7-10,12-13H2,1-2H3,(H2,21,23,24). The Kier molecular flexibility index (Phi) is 6.21. The van der Waals surface area contributed by atoms with Crippen molar-refractivity contribution in [3.63, 3.8) is 0 Å². The van der Waals surface area contributed by atoms with Crippen LogP contribution >= 0.6 is 11.3 Å². The zero-order valence-corrected chi connectivity index (χ0v) is 16.0. The normalized spacial score (nSPS) is 17.1. The maximum atomic E-state index is 13.3. The van der Waals surface area contributed by atoms with Crippen molar-refractivity contribution in [3.05, 3.63) is 51.7 Å². The summed E-state index contributed by atoms with van der Waals surface area (Å²) >= 11 is 1.68. The third-order valence-electron chi connectivity index (χ3n) is 4.80. The number of thiazole rings is 1. The van der Waals surface area contributed by atoms with Gasteiger partial charge in [-0.3, -0.25) is 4.99 Å². The number of benzene rings is 1. The first-order valence-electron chi connectivity index (χ1n) is 8.81. The molecule has 0 unspecified atom stereocenters. The number of ether oxygens (including phenoxy) is 1. The van der Waals surface area contributed by atoms with Crippen LogP contribution in [0.4, 0.5) is 4.39 Å². The number of nitrogens with zero attached hydrogens (tertiary/aromatic N) is 2. The molecule has 140 valence electrons. The highest BCUT2D eigenvalue weighted by molar-refractivity contribution is 7.11. The van der Waals surface area contributed by atoms with Crippen LogP contribution in [0, 0.1) is 12.7 Å². The van der Waals surface area contributed by atoms with E-state index in [2.05, 4.69) is 20.6 Å². The maximum Gasteiger partial charge on any atom is 0.191 e. The Bertz CT molecular complexity index is 738. The van der Waals surface area contributed by atoms with Gasteiger partial charge in [-0.25, -0.2) is 9.37 Å². The molecule has 0 radical (unpaired) electrons. The summed E-state index contributed by atoms with van der Waals surface area (Å²) in [6, 6.07) is 6.84. The SMILES string of the molecule is CN=C(NCc1ncc(C)s1)NCC1(c2ccc(F)cc2)CCOCC1. The number of aliphatic imine (C=N–C) groups is 1. The Balaban J connectivity index is 1.65. The Morgan fingerprint density at radius 1 is 1.27 bits per heavy atom. The molecule has 0 amide bonds. The largest absolute Gasteiger partial charge is 0.381 e. The maximum absolute atomic E-state index is 13.3. The lowest BCUT2D eigenvalue weighted by Crippen LogP contribution is -2.47. The van der Waals surface area contributed by atoms with Crippen molar-refractivity contribution >= 4 is 17.3 Å². The molecule has 1 saturated heterocycles. The van der Waals surface area contributed by atoms with E-state index in [4.69, 9.17) is 4.74 Å². The monoisotopic (exact) mass is 376 g/mol. The number of nitrogens with one attached hydrogen (secondary N) is 2. The van der Waals surface area contributed by atoms with Crippen LogP contribution in [-0.2, 0) is 16.7 Å². The lowest BCUT2D eigenvalue weighted by Gasteiger charge is -2.38. The minimum Gasteiger partial charge on any atom is -0.381 e. The summed E-state index contributed by atoms with van der Waals surface area (Å²) in [5.41, 5.74) is 1.06. The molecule has 2 aromatic rings. The van der Waals surface area contributed by atoms with Crippen LogP contribution < -0.4 is 10.6 Å². The molecular formula is C19H25FN4OS. The molecule has 3 rings (SSSR count). The van der Waals surface area contributed by atoms with E-state index < -0.39 is 0 Å². The van der Waals surface area contributed by atoms with E-state index in [1.165, 1.54) is 17.0 Å². The molecule has 0 aliphatic carbocycles. The van der Waals surface area contributed by atoms with E-state index in [0.29, 0.717) is 19.8 Å². The summed E-state index contributed by atoms with van der Waals surface area (Å²) in [6.07, 6.45) is 3.67. The van der Waals surface area contributed by atoms with Crippen molar-refractivity contribution in [2.75, 3.05) is 26.8 Å². The summed E-state index contributed by atoms with van der Waals surface area (Å²) in [5, 5.41) is 7.78. The molecule has 26 heavy (non-hydrogen) atoms. The van der Waals surface area contributed by atoms with Gasteiger partial charge in [0.2, 0.25) is 0 Å². The molecule has 5 nitrogen and oxygen atoms in total. The Labute approximate surface area is 157 Å². The second-order valence-corrected chi connectivity index (χ2v) is 7.86. The number of hydrogen-bond acceptors (Lipinski definition) is 4. The fourth-order valence-electron chi connectivity index (χ4n) is 3.25. The van der Waals surface area contributed by atoms with Crippen LogP contribution in [0.5, 0.6) is 0 Å². The van der Waals surface area contributed by atoms with Gasteiger partial charge < -0.3 is 15.4 Å². The van der Waals surface area contributed by atoms with Crippen molar-refractivity contribution in [2.24, 2.45) is 4.99 Å². The summed E-state index contributed by atoms with van der Waals surface area (Å²) in [4.78, 5) is 9.87. The van der Waals surface area contributed by atoms with Gasteiger partial charge in [-0.05, 0) is 37.5 Å². The van der Waals surface area contributed by atoms with Gasteiger partial charge in [0, 0.05) is 43.3 Å². The quantitative estimate of drug-likeness (QED) is 0.622. The van der Waals surface area contributed by atoms with Gasteiger partial charge in [-0.2, -0.15) is 0 Å².